The molecule has 2 heterocycles. The van der Waals surface area contributed by atoms with Crippen molar-refractivity contribution in [3.63, 3.8) is 0 Å². The second-order valence-electron chi connectivity index (χ2n) is 7.18. The third kappa shape index (κ3) is 3.29. The van der Waals surface area contributed by atoms with Crippen molar-refractivity contribution in [1.29, 1.82) is 0 Å². The molecule has 0 saturated heterocycles. The number of thiophene rings is 1. The Bertz CT molecular complexity index is 1440. The van der Waals surface area contributed by atoms with E-state index in [1.54, 1.807) is 7.11 Å². The zero-order chi connectivity index (χ0) is 21.4. The number of hydrogen-bond donors (Lipinski definition) is 2. The molecule has 0 fully saturated rings. The van der Waals surface area contributed by atoms with Crippen molar-refractivity contribution in [1.82, 2.24) is 4.98 Å². The van der Waals surface area contributed by atoms with Crippen LogP contribution in [0.3, 0.4) is 0 Å². The van der Waals surface area contributed by atoms with E-state index in [1.807, 2.05) is 84.2 Å². The summed E-state index contributed by atoms with van der Waals surface area (Å²) in [6, 6.07) is 25.3. The van der Waals surface area contributed by atoms with Gasteiger partial charge in [0.15, 0.2) is 0 Å². The number of ether oxygens (including phenoxy) is 1. The Morgan fingerprint density at radius 3 is 2.19 bits per heavy atom. The highest BCUT2D eigenvalue weighted by molar-refractivity contribution is 7.17. The van der Waals surface area contributed by atoms with E-state index in [2.05, 4.69) is 4.98 Å². The van der Waals surface area contributed by atoms with Gasteiger partial charge in [-0.3, -0.25) is 4.79 Å². The lowest BCUT2D eigenvalue weighted by Crippen LogP contribution is -2.08. The number of methoxy groups -OCH3 is 1. The van der Waals surface area contributed by atoms with Gasteiger partial charge in [0.1, 0.15) is 16.3 Å². The molecular weight excluding hydrogens is 406 g/mol. The van der Waals surface area contributed by atoms with Crippen molar-refractivity contribution in [2.24, 2.45) is 0 Å². The lowest BCUT2D eigenvalue weighted by Gasteiger charge is -2.12. The van der Waals surface area contributed by atoms with Crippen molar-refractivity contribution in [3.05, 3.63) is 94.6 Å². The van der Waals surface area contributed by atoms with Gasteiger partial charge < -0.3 is 14.8 Å². The summed E-state index contributed by atoms with van der Waals surface area (Å²) in [6.07, 6.45) is 0. The number of aromatic nitrogens is 1. The molecular formula is C26H19NO3S. The SMILES string of the molecule is COc1cc(-c2csc3[nH]c(=O)c(-c4ccccc4)c(O)c23)ccc1-c1ccccc1. The monoisotopic (exact) mass is 425 g/mol. The van der Waals surface area contributed by atoms with E-state index in [4.69, 9.17) is 4.74 Å². The molecule has 0 atom stereocenters. The van der Waals surface area contributed by atoms with Gasteiger partial charge in [-0.2, -0.15) is 0 Å². The van der Waals surface area contributed by atoms with Crippen LogP contribution < -0.4 is 10.3 Å². The normalized spacial score (nSPS) is 11.0. The van der Waals surface area contributed by atoms with Crippen LogP contribution in [0.1, 0.15) is 0 Å². The highest BCUT2D eigenvalue weighted by Gasteiger charge is 2.19. The first-order valence-corrected chi connectivity index (χ1v) is 10.7. The molecule has 0 saturated carbocycles. The number of rotatable bonds is 4. The van der Waals surface area contributed by atoms with Gasteiger partial charge >= 0.3 is 0 Å². The Labute approximate surface area is 183 Å². The number of fused-ring (bicyclic) bond motifs is 1. The van der Waals surface area contributed by atoms with Crippen LogP contribution in [0.2, 0.25) is 0 Å². The summed E-state index contributed by atoms with van der Waals surface area (Å²) in [6.45, 7) is 0. The van der Waals surface area contributed by atoms with E-state index < -0.39 is 0 Å². The second-order valence-corrected chi connectivity index (χ2v) is 8.06. The summed E-state index contributed by atoms with van der Waals surface area (Å²) in [7, 11) is 1.65. The number of pyridine rings is 1. The molecule has 2 N–H and O–H groups in total. The molecule has 0 aliphatic carbocycles. The van der Waals surface area contributed by atoms with Crippen molar-refractivity contribution in [2.45, 2.75) is 0 Å². The van der Waals surface area contributed by atoms with E-state index in [1.165, 1.54) is 11.3 Å². The van der Waals surface area contributed by atoms with Crippen molar-refractivity contribution < 1.29 is 9.84 Å². The molecule has 2 aromatic heterocycles. The van der Waals surface area contributed by atoms with Gasteiger partial charge in [0.2, 0.25) is 0 Å². The third-order valence-corrected chi connectivity index (χ3v) is 6.27. The van der Waals surface area contributed by atoms with Crippen LogP contribution in [0.4, 0.5) is 0 Å². The fourth-order valence-corrected chi connectivity index (χ4v) is 4.85. The largest absolute Gasteiger partial charge is 0.506 e. The molecule has 0 unspecified atom stereocenters. The number of nitrogens with one attached hydrogen (secondary N) is 1. The Morgan fingerprint density at radius 2 is 1.52 bits per heavy atom. The quantitative estimate of drug-likeness (QED) is 0.355. The summed E-state index contributed by atoms with van der Waals surface area (Å²) in [5.74, 6) is 0.738. The fraction of sp³-hybridized carbons (Fsp3) is 0.0385. The van der Waals surface area contributed by atoms with Crippen LogP contribution in [-0.4, -0.2) is 17.2 Å². The topological polar surface area (TPSA) is 62.3 Å². The van der Waals surface area contributed by atoms with Gasteiger partial charge in [-0.1, -0.05) is 72.8 Å². The van der Waals surface area contributed by atoms with Gasteiger partial charge in [-0.15, -0.1) is 11.3 Å². The summed E-state index contributed by atoms with van der Waals surface area (Å²) in [5, 5.41) is 13.7. The van der Waals surface area contributed by atoms with Crippen LogP contribution in [0.25, 0.3) is 43.6 Å². The second kappa shape index (κ2) is 7.78. The number of aromatic amines is 1. The molecule has 4 nitrogen and oxygen atoms in total. The maximum atomic E-state index is 12.7. The van der Waals surface area contributed by atoms with Crippen LogP contribution in [0, 0.1) is 0 Å². The molecule has 0 bridgehead atoms. The molecule has 3 aromatic carbocycles. The minimum Gasteiger partial charge on any atom is -0.506 e. The average Bonchev–Trinajstić information content (AvgIpc) is 3.24. The molecule has 0 radical (unpaired) electrons. The highest BCUT2D eigenvalue weighted by atomic mass is 32.1. The van der Waals surface area contributed by atoms with Crippen molar-refractivity contribution >= 4 is 21.6 Å². The zero-order valence-corrected chi connectivity index (χ0v) is 17.6. The molecule has 5 heteroatoms. The molecule has 31 heavy (non-hydrogen) atoms. The molecule has 0 aliphatic rings. The van der Waals surface area contributed by atoms with Gasteiger partial charge in [-0.25, -0.2) is 0 Å². The summed E-state index contributed by atoms with van der Waals surface area (Å²) < 4.78 is 5.68. The third-order valence-electron chi connectivity index (χ3n) is 5.38. The van der Waals surface area contributed by atoms with Crippen molar-refractivity contribution in [2.75, 3.05) is 7.11 Å². The van der Waals surface area contributed by atoms with E-state index in [-0.39, 0.29) is 16.9 Å². The summed E-state index contributed by atoms with van der Waals surface area (Å²) in [5.41, 5.74) is 4.47. The minimum absolute atomic E-state index is 0.00713. The van der Waals surface area contributed by atoms with Crippen LogP contribution in [-0.2, 0) is 0 Å². The number of H-pyrrole nitrogens is 1. The zero-order valence-electron chi connectivity index (χ0n) is 16.8. The smallest absolute Gasteiger partial charge is 0.260 e. The van der Waals surface area contributed by atoms with Gasteiger partial charge in [-0.05, 0) is 22.8 Å². The van der Waals surface area contributed by atoms with Crippen LogP contribution >= 0.6 is 11.3 Å². The Morgan fingerprint density at radius 1 is 0.839 bits per heavy atom. The molecule has 0 aliphatic heterocycles. The number of hydrogen-bond acceptors (Lipinski definition) is 4. The van der Waals surface area contributed by atoms with Crippen LogP contribution in [0.15, 0.2) is 89.0 Å². The minimum atomic E-state index is -0.304. The summed E-state index contributed by atoms with van der Waals surface area (Å²) in [4.78, 5) is 16.2. The predicted molar refractivity (Wildman–Crippen MR) is 127 cm³/mol. The van der Waals surface area contributed by atoms with Crippen molar-refractivity contribution in [3.8, 4) is 44.9 Å². The lowest BCUT2D eigenvalue weighted by atomic mass is 9.97. The Hall–Kier alpha value is -3.83. The Balaban J connectivity index is 1.70. The van der Waals surface area contributed by atoms with Gasteiger partial charge in [0.25, 0.3) is 5.56 Å². The molecule has 5 aromatic rings. The van der Waals surface area contributed by atoms with E-state index in [0.717, 1.165) is 28.0 Å². The lowest BCUT2D eigenvalue weighted by molar-refractivity contribution is 0.416. The van der Waals surface area contributed by atoms with E-state index in [0.29, 0.717) is 15.8 Å². The Kier molecular flexibility index (Phi) is 4.81. The standard InChI is InChI=1S/C26H19NO3S/c1-30-21-14-18(12-13-19(21)16-8-4-2-5-9-16)20-15-31-26-23(20)24(28)22(25(29)27-26)17-10-6-3-7-11-17/h2-15H,1H3,(H2,27,28,29). The van der Waals surface area contributed by atoms with Gasteiger partial charge in [0.05, 0.1) is 18.1 Å². The van der Waals surface area contributed by atoms with Crippen LogP contribution in [0.5, 0.6) is 11.5 Å². The van der Waals surface area contributed by atoms with Gasteiger partial charge in [0, 0.05) is 16.5 Å². The summed E-state index contributed by atoms with van der Waals surface area (Å²) >= 11 is 1.40. The number of benzene rings is 3. The highest BCUT2D eigenvalue weighted by Crippen LogP contribution is 2.43. The first-order valence-electron chi connectivity index (χ1n) is 9.83. The molecule has 0 spiro atoms. The maximum Gasteiger partial charge on any atom is 0.260 e. The molecule has 0 amide bonds. The molecule has 152 valence electrons. The van der Waals surface area contributed by atoms with E-state index in [9.17, 15) is 9.90 Å². The predicted octanol–water partition coefficient (Wildman–Crippen LogP) is 6.30. The first-order chi connectivity index (χ1) is 15.2. The van der Waals surface area contributed by atoms with E-state index >= 15 is 0 Å². The maximum absolute atomic E-state index is 12.7. The fourth-order valence-electron chi connectivity index (χ4n) is 3.88. The molecule has 5 rings (SSSR count). The first kappa shape index (κ1) is 19.2. The average molecular weight is 426 g/mol. The number of aromatic hydroxyl groups is 1.